The minimum Gasteiger partial charge on any atom is -0.480 e. The van der Waals surface area contributed by atoms with E-state index >= 15 is 0 Å². The number of aliphatic hydroxyl groups excluding tert-OH is 1. The van der Waals surface area contributed by atoms with Gasteiger partial charge in [0.2, 0.25) is 13.2 Å². The van der Waals surface area contributed by atoms with Crippen LogP contribution in [0.3, 0.4) is 0 Å². The third-order valence-electron chi connectivity index (χ3n) is 7.19. The summed E-state index contributed by atoms with van der Waals surface area (Å²) in [5.41, 5.74) is 5.00. The molecule has 0 saturated heterocycles. The SMILES string of the molecule is CO[PH](=O)C(C#Cc1c(-c2ccc(F)cc2)cc(C(c2ccccc2)c2ccccc2)nc1C(C)C)(C(=O)O)C(C)O. The first-order valence-corrected chi connectivity index (χ1v) is 14.9. The number of halogens is 1. The lowest BCUT2D eigenvalue weighted by Crippen LogP contribution is -2.44. The molecule has 0 aliphatic rings. The summed E-state index contributed by atoms with van der Waals surface area (Å²) in [6, 6.07) is 27.7. The molecule has 0 bridgehead atoms. The molecule has 42 heavy (non-hydrogen) atoms. The van der Waals surface area contributed by atoms with E-state index in [9.17, 15) is 24.0 Å². The van der Waals surface area contributed by atoms with Gasteiger partial charge in [-0.05, 0) is 47.7 Å². The molecular formula is C34H33FNO5P. The molecule has 2 N–H and O–H groups in total. The van der Waals surface area contributed by atoms with E-state index in [0.29, 0.717) is 22.4 Å². The van der Waals surface area contributed by atoms with Crippen molar-refractivity contribution in [2.45, 2.75) is 43.9 Å². The predicted molar refractivity (Wildman–Crippen MR) is 162 cm³/mol. The Balaban J connectivity index is 2.08. The van der Waals surface area contributed by atoms with Crippen LogP contribution in [0, 0.1) is 17.7 Å². The Labute approximate surface area is 246 Å². The van der Waals surface area contributed by atoms with E-state index in [1.165, 1.54) is 19.1 Å². The van der Waals surface area contributed by atoms with Crippen molar-refractivity contribution >= 4 is 14.0 Å². The molecule has 216 valence electrons. The summed E-state index contributed by atoms with van der Waals surface area (Å²) in [6.07, 6.45) is -1.60. The molecule has 3 aromatic carbocycles. The maximum atomic E-state index is 14.0. The van der Waals surface area contributed by atoms with Crippen LogP contribution in [0.2, 0.25) is 0 Å². The lowest BCUT2D eigenvalue weighted by Gasteiger charge is -2.25. The number of aliphatic hydroxyl groups is 1. The Morgan fingerprint density at radius 1 is 0.952 bits per heavy atom. The number of carboxylic acids is 1. The van der Waals surface area contributed by atoms with E-state index in [0.717, 1.165) is 23.9 Å². The Kier molecular flexibility index (Phi) is 9.75. The summed E-state index contributed by atoms with van der Waals surface area (Å²) >= 11 is 0. The van der Waals surface area contributed by atoms with Gasteiger partial charge in [-0.3, -0.25) is 9.55 Å². The van der Waals surface area contributed by atoms with E-state index in [1.807, 2.05) is 80.6 Å². The number of nitrogens with zero attached hydrogens (tertiary/aromatic N) is 1. The zero-order valence-electron chi connectivity index (χ0n) is 23.8. The van der Waals surface area contributed by atoms with Crippen LogP contribution in [-0.2, 0) is 13.9 Å². The first-order chi connectivity index (χ1) is 20.1. The molecule has 3 atom stereocenters. The third-order valence-corrected chi connectivity index (χ3v) is 8.96. The highest BCUT2D eigenvalue weighted by Crippen LogP contribution is 2.43. The third kappa shape index (κ3) is 6.22. The van der Waals surface area contributed by atoms with Gasteiger partial charge in [-0.25, -0.2) is 9.18 Å². The minimum absolute atomic E-state index is 0.161. The topological polar surface area (TPSA) is 96.7 Å². The largest absolute Gasteiger partial charge is 0.480 e. The van der Waals surface area contributed by atoms with E-state index in [4.69, 9.17) is 9.51 Å². The molecule has 6 nitrogen and oxygen atoms in total. The molecule has 0 spiro atoms. The average molecular weight is 586 g/mol. The van der Waals surface area contributed by atoms with Crippen molar-refractivity contribution < 1.29 is 28.5 Å². The van der Waals surface area contributed by atoms with Crippen molar-refractivity contribution in [3.8, 4) is 23.0 Å². The normalized spacial score (nSPS) is 14.1. The molecule has 1 heterocycles. The number of pyridine rings is 1. The highest BCUT2D eigenvalue weighted by molar-refractivity contribution is 7.43. The van der Waals surface area contributed by atoms with Crippen molar-refractivity contribution in [2.75, 3.05) is 7.11 Å². The van der Waals surface area contributed by atoms with Crippen LogP contribution in [0.4, 0.5) is 4.39 Å². The van der Waals surface area contributed by atoms with Crippen LogP contribution in [0.1, 0.15) is 60.7 Å². The fourth-order valence-corrected chi connectivity index (χ4v) is 5.93. The van der Waals surface area contributed by atoms with Gasteiger partial charge in [-0.1, -0.05) is 98.5 Å². The number of carboxylic acid groups (broad SMARTS) is 1. The zero-order valence-corrected chi connectivity index (χ0v) is 24.8. The van der Waals surface area contributed by atoms with Gasteiger partial charge < -0.3 is 14.7 Å². The highest BCUT2D eigenvalue weighted by atomic mass is 31.1. The summed E-state index contributed by atoms with van der Waals surface area (Å²) in [4.78, 5) is 17.5. The quantitative estimate of drug-likeness (QED) is 0.164. The zero-order chi connectivity index (χ0) is 30.4. The second kappa shape index (κ2) is 13.3. The summed E-state index contributed by atoms with van der Waals surface area (Å²) < 4.78 is 31.8. The summed E-state index contributed by atoms with van der Waals surface area (Å²) in [5, 5.41) is 18.2. The smallest absolute Gasteiger partial charge is 0.334 e. The maximum absolute atomic E-state index is 14.0. The fourth-order valence-electron chi connectivity index (χ4n) is 4.93. The van der Waals surface area contributed by atoms with Gasteiger partial charge in [0, 0.05) is 12.7 Å². The molecule has 4 rings (SSSR count). The molecule has 3 unspecified atom stereocenters. The first-order valence-electron chi connectivity index (χ1n) is 13.5. The Hall–Kier alpha value is -4.08. The minimum atomic E-state index is -3.35. The van der Waals surface area contributed by atoms with Crippen LogP contribution in [0.15, 0.2) is 91.0 Å². The molecule has 0 fully saturated rings. The number of hydrogen-bond acceptors (Lipinski definition) is 5. The Morgan fingerprint density at radius 2 is 1.50 bits per heavy atom. The molecule has 0 aliphatic carbocycles. The molecule has 0 aliphatic heterocycles. The fraction of sp³-hybridized carbons (Fsp3) is 0.235. The van der Waals surface area contributed by atoms with Gasteiger partial charge in [-0.15, -0.1) is 0 Å². The summed E-state index contributed by atoms with van der Waals surface area (Å²) in [7, 11) is -2.22. The second-order valence-electron chi connectivity index (χ2n) is 10.3. The van der Waals surface area contributed by atoms with Crippen LogP contribution in [0.5, 0.6) is 0 Å². The van der Waals surface area contributed by atoms with Gasteiger partial charge in [-0.2, -0.15) is 0 Å². The van der Waals surface area contributed by atoms with Crippen LogP contribution < -0.4 is 0 Å². The van der Waals surface area contributed by atoms with Crippen LogP contribution in [-0.4, -0.2) is 39.5 Å². The van der Waals surface area contributed by atoms with Gasteiger partial charge in [0.25, 0.3) is 0 Å². The van der Waals surface area contributed by atoms with Crippen molar-refractivity contribution in [2.24, 2.45) is 0 Å². The number of aliphatic carboxylic acids is 1. The van der Waals surface area contributed by atoms with Gasteiger partial charge in [0.1, 0.15) is 5.82 Å². The van der Waals surface area contributed by atoms with Crippen LogP contribution in [0.25, 0.3) is 11.1 Å². The number of carbonyl (C=O) groups is 1. The van der Waals surface area contributed by atoms with E-state index in [1.54, 1.807) is 12.1 Å². The molecule has 1 aromatic heterocycles. The van der Waals surface area contributed by atoms with E-state index in [2.05, 4.69) is 11.8 Å². The van der Waals surface area contributed by atoms with Crippen molar-refractivity contribution in [3.63, 3.8) is 0 Å². The monoisotopic (exact) mass is 585 g/mol. The number of rotatable bonds is 9. The highest BCUT2D eigenvalue weighted by Gasteiger charge is 2.48. The Bertz CT molecular complexity index is 1590. The van der Waals surface area contributed by atoms with Crippen molar-refractivity contribution in [1.29, 1.82) is 0 Å². The molecular weight excluding hydrogens is 552 g/mol. The van der Waals surface area contributed by atoms with E-state index < -0.39 is 31.1 Å². The molecule has 0 saturated carbocycles. The molecule has 0 amide bonds. The number of hydrogen-bond donors (Lipinski definition) is 2. The lowest BCUT2D eigenvalue weighted by molar-refractivity contribution is -0.141. The summed E-state index contributed by atoms with van der Waals surface area (Å²) in [6.45, 7) is 5.12. The van der Waals surface area contributed by atoms with Crippen LogP contribution >= 0.6 is 8.03 Å². The van der Waals surface area contributed by atoms with Gasteiger partial charge in [0.15, 0.2) is 0 Å². The molecule has 0 radical (unpaired) electrons. The summed E-state index contributed by atoms with van der Waals surface area (Å²) in [5.74, 6) is 3.20. The predicted octanol–water partition coefficient (Wildman–Crippen LogP) is 6.87. The van der Waals surface area contributed by atoms with Gasteiger partial charge >= 0.3 is 5.97 Å². The average Bonchev–Trinajstić information content (AvgIpc) is 2.98. The van der Waals surface area contributed by atoms with Crippen molar-refractivity contribution in [1.82, 2.24) is 4.98 Å². The number of benzene rings is 3. The lowest BCUT2D eigenvalue weighted by atomic mass is 9.85. The Morgan fingerprint density at radius 3 is 1.95 bits per heavy atom. The second-order valence-corrected chi connectivity index (χ2v) is 12.1. The molecule has 4 aromatic rings. The first kappa shape index (κ1) is 30.9. The van der Waals surface area contributed by atoms with E-state index in [-0.39, 0.29) is 11.8 Å². The standard InChI is InChI=1S/C34H33FNO5P/c1-22(2)32-28(19-20-34(23(3)37,33(38)39)42(40)41-4)29(24-15-17-27(35)18-16-24)21-30(36-32)31(25-11-7-5-8-12-25)26-13-9-6-10-14-26/h5-18,21-23,31,37,42H,1-4H3,(H,38,39). The molecule has 8 heteroatoms. The van der Waals surface area contributed by atoms with Gasteiger partial charge in [0.05, 0.1) is 29.0 Å². The number of aromatic nitrogens is 1. The maximum Gasteiger partial charge on any atom is 0.334 e. The van der Waals surface area contributed by atoms with Crippen molar-refractivity contribution in [3.05, 3.63) is 125 Å².